The zero-order valence-corrected chi connectivity index (χ0v) is 9.10. The van der Waals surface area contributed by atoms with E-state index in [-0.39, 0.29) is 24.4 Å². The van der Waals surface area contributed by atoms with Crippen molar-refractivity contribution in [3.05, 3.63) is 47.2 Å². The summed E-state index contributed by atoms with van der Waals surface area (Å²) in [5.74, 6) is -0.542. The lowest BCUT2D eigenvalue weighted by Gasteiger charge is -2.22. The predicted octanol–water partition coefficient (Wildman–Crippen LogP) is 1.10. The number of benzene rings is 1. The Kier molecular flexibility index (Phi) is 2.21. The quantitative estimate of drug-likeness (QED) is 0.734. The smallest absolute Gasteiger partial charge is 0.336 e. The molecule has 4 nitrogen and oxygen atoms in total. The van der Waals surface area contributed by atoms with Crippen LogP contribution in [0.3, 0.4) is 0 Å². The Balaban J connectivity index is 2.06. The minimum atomic E-state index is -0.311. The Morgan fingerprint density at radius 2 is 1.94 bits per heavy atom. The van der Waals surface area contributed by atoms with E-state index < -0.39 is 0 Å². The molecule has 2 aliphatic heterocycles. The molecular formula is C13H11NO3. The van der Waals surface area contributed by atoms with Gasteiger partial charge in [0.05, 0.1) is 11.3 Å². The van der Waals surface area contributed by atoms with Gasteiger partial charge in [0.2, 0.25) is 5.91 Å². The molecule has 0 aliphatic carbocycles. The van der Waals surface area contributed by atoms with Crippen molar-refractivity contribution in [2.45, 2.75) is 12.3 Å². The van der Waals surface area contributed by atoms with Gasteiger partial charge in [-0.3, -0.25) is 4.79 Å². The maximum Gasteiger partial charge on any atom is 0.336 e. The molecule has 2 aliphatic rings. The van der Waals surface area contributed by atoms with Gasteiger partial charge in [0.25, 0.3) is 0 Å². The number of cyclic esters (lactones) is 1. The van der Waals surface area contributed by atoms with Crippen LogP contribution in [0.5, 0.6) is 0 Å². The molecule has 2 heterocycles. The summed E-state index contributed by atoms with van der Waals surface area (Å²) in [5, 5.41) is 2.70. The second-order valence-electron chi connectivity index (χ2n) is 4.18. The highest BCUT2D eigenvalue weighted by Crippen LogP contribution is 2.35. The molecule has 1 N–H and O–H groups in total. The fourth-order valence-electron chi connectivity index (χ4n) is 2.35. The van der Waals surface area contributed by atoms with Crippen LogP contribution in [0.2, 0.25) is 0 Å². The Hall–Kier alpha value is -2.10. The van der Waals surface area contributed by atoms with E-state index in [1.807, 2.05) is 30.3 Å². The van der Waals surface area contributed by atoms with E-state index in [9.17, 15) is 9.59 Å². The molecule has 0 fully saturated rings. The van der Waals surface area contributed by atoms with Crippen LogP contribution in [-0.2, 0) is 14.3 Å². The molecule has 0 unspecified atom stereocenters. The number of nitrogens with one attached hydrogen (secondary N) is 1. The molecule has 3 rings (SSSR count). The Bertz CT molecular complexity index is 519. The van der Waals surface area contributed by atoms with Crippen molar-refractivity contribution in [1.82, 2.24) is 5.32 Å². The fourth-order valence-corrected chi connectivity index (χ4v) is 2.35. The van der Waals surface area contributed by atoms with Crippen molar-refractivity contribution in [2.75, 3.05) is 6.61 Å². The molecule has 4 heteroatoms. The summed E-state index contributed by atoms with van der Waals surface area (Å²) < 4.78 is 4.97. The van der Waals surface area contributed by atoms with Crippen LogP contribution in [0.25, 0.3) is 0 Å². The zero-order valence-electron chi connectivity index (χ0n) is 9.10. The van der Waals surface area contributed by atoms with Gasteiger partial charge >= 0.3 is 5.97 Å². The summed E-state index contributed by atoms with van der Waals surface area (Å²) >= 11 is 0. The largest absolute Gasteiger partial charge is 0.456 e. The van der Waals surface area contributed by atoms with E-state index in [0.717, 1.165) is 5.56 Å². The van der Waals surface area contributed by atoms with Gasteiger partial charge in [-0.2, -0.15) is 0 Å². The van der Waals surface area contributed by atoms with Crippen LogP contribution in [0, 0.1) is 0 Å². The normalized spacial score (nSPS) is 23.2. The lowest BCUT2D eigenvalue weighted by Crippen LogP contribution is -2.32. The highest BCUT2D eigenvalue weighted by molar-refractivity contribution is 5.98. The van der Waals surface area contributed by atoms with Crippen molar-refractivity contribution < 1.29 is 14.3 Å². The van der Waals surface area contributed by atoms with Crippen LogP contribution in [0.1, 0.15) is 17.9 Å². The first-order valence-electron chi connectivity index (χ1n) is 5.50. The average molecular weight is 229 g/mol. The van der Waals surface area contributed by atoms with Crippen molar-refractivity contribution in [2.24, 2.45) is 0 Å². The maximum absolute atomic E-state index is 11.7. The first-order valence-corrected chi connectivity index (χ1v) is 5.50. The lowest BCUT2D eigenvalue weighted by atomic mass is 9.85. The molecule has 17 heavy (non-hydrogen) atoms. The lowest BCUT2D eigenvalue weighted by molar-refractivity contribution is -0.136. The molecule has 1 aromatic carbocycles. The number of carbonyl (C=O) groups excluding carboxylic acids is 2. The molecule has 0 radical (unpaired) electrons. The second-order valence-corrected chi connectivity index (χ2v) is 4.18. The van der Waals surface area contributed by atoms with E-state index in [0.29, 0.717) is 17.7 Å². The molecule has 0 spiro atoms. The standard InChI is InChI=1S/C13H11NO3/c15-11-6-9(8-4-2-1-3-5-8)12-10(14-11)7-17-13(12)16/h1-5,9H,6-7H2,(H,14,15)/t9-/m1/s1. The summed E-state index contributed by atoms with van der Waals surface area (Å²) in [6.07, 6.45) is 0.304. The van der Waals surface area contributed by atoms with Crippen molar-refractivity contribution in [3.8, 4) is 0 Å². The van der Waals surface area contributed by atoms with Gasteiger partial charge in [0.1, 0.15) is 6.61 Å². The summed E-state index contributed by atoms with van der Waals surface area (Å²) in [6, 6.07) is 9.58. The van der Waals surface area contributed by atoms with Crippen LogP contribution in [0.15, 0.2) is 41.6 Å². The fraction of sp³-hybridized carbons (Fsp3) is 0.231. The highest BCUT2D eigenvalue weighted by atomic mass is 16.5. The van der Waals surface area contributed by atoms with E-state index in [2.05, 4.69) is 5.32 Å². The van der Waals surface area contributed by atoms with Crippen LogP contribution >= 0.6 is 0 Å². The monoisotopic (exact) mass is 229 g/mol. The van der Waals surface area contributed by atoms with Gasteiger partial charge in [-0.05, 0) is 5.56 Å². The first kappa shape index (κ1) is 10.1. The third-order valence-corrected chi connectivity index (χ3v) is 3.12. The molecule has 1 aromatic rings. The molecule has 0 saturated carbocycles. The molecular weight excluding hydrogens is 218 g/mol. The van der Waals surface area contributed by atoms with E-state index in [4.69, 9.17) is 4.74 Å². The van der Waals surface area contributed by atoms with E-state index in [1.54, 1.807) is 0 Å². The van der Waals surface area contributed by atoms with Gasteiger partial charge in [-0.15, -0.1) is 0 Å². The van der Waals surface area contributed by atoms with Gasteiger partial charge in [0, 0.05) is 12.3 Å². The average Bonchev–Trinajstić information content (AvgIpc) is 2.71. The summed E-state index contributed by atoms with van der Waals surface area (Å²) in [5.41, 5.74) is 2.21. The van der Waals surface area contributed by atoms with Gasteiger partial charge in [-0.25, -0.2) is 4.79 Å². The third-order valence-electron chi connectivity index (χ3n) is 3.12. The van der Waals surface area contributed by atoms with Crippen LogP contribution in [-0.4, -0.2) is 18.5 Å². The van der Waals surface area contributed by atoms with Crippen molar-refractivity contribution in [3.63, 3.8) is 0 Å². The first-order chi connectivity index (χ1) is 8.25. The van der Waals surface area contributed by atoms with Gasteiger partial charge in [-0.1, -0.05) is 30.3 Å². The third kappa shape index (κ3) is 1.62. The molecule has 1 atom stereocenters. The molecule has 0 saturated heterocycles. The number of esters is 1. The zero-order chi connectivity index (χ0) is 11.8. The minimum Gasteiger partial charge on any atom is -0.456 e. The highest BCUT2D eigenvalue weighted by Gasteiger charge is 2.37. The number of hydrogen-bond acceptors (Lipinski definition) is 3. The Morgan fingerprint density at radius 3 is 2.71 bits per heavy atom. The topological polar surface area (TPSA) is 55.4 Å². The summed E-state index contributed by atoms with van der Waals surface area (Å²) in [6.45, 7) is 0.184. The van der Waals surface area contributed by atoms with E-state index in [1.165, 1.54) is 0 Å². The SMILES string of the molecule is O=C1C[C@H](c2ccccc2)C2=C(COC2=O)N1. The molecule has 0 bridgehead atoms. The maximum atomic E-state index is 11.7. The van der Waals surface area contributed by atoms with Gasteiger partial charge in [0.15, 0.2) is 0 Å². The molecule has 1 amide bonds. The number of rotatable bonds is 1. The number of amides is 1. The number of hydrogen-bond donors (Lipinski definition) is 1. The summed E-state index contributed by atoms with van der Waals surface area (Å²) in [7, 11) is 0. The van der Waals surface area contributed by atoms with Crippen LogP contribution < -0.4 is 5.32 Å². The van der Waals surface area contributed by atoms with Crippen molar-refractivity contribution >= 4 is 11.9 Å². The minimum absolute atomic E-state index is 0.0593. The summed E-state index contributed by atoms with van der Waals surface area (Å²) in [4.78, 5) is 23.3. The predicted molar refractivity (Wildman–Crippen MR) is 59.9 cm³/mol. The number of ether oxygens (including phenoxy) is 1. The van der Waals surface area contributed by atoms with Gasteiger partial charge < -0.3 is 10.1 Å². The van der Waals surface area contributed by atoms with Crippen molar-refractivity contribution in [1.29, 1.82) is 0 Å². The molecule has 0 aromatic heterocycles. The number of carbonyl (C=O) groups is 2. The second kappa shape index (κ2) is 3.73. The van der Waals surface area contributed by atoms with E-state index >= 15 is 0 Å². The van der Waals surface area contributed by atoms with Crippen LogP contribution in [0.4, 0.5) is 0 Å². The Morgan fingerprint density at radius 1 is 1.18 bits per heavy atom. The Labute approximate surface area is 98.3 Å². The molecule has 86 valence electrons.